The van der Waals surface area contributed by atoms with Crippen LogP contribution in [0, 0.1) is 13.8 Å². The van der Waals surface area contributed by atoms with Crippen LogP contribution in [0.15, 0.2) is 42.5 Å². The topological polar surface area (TPSA) is 59.6 Å². The van der Waals surface area contributed by atoms with Crippen LogP contribution in [0.2, 0.25) is 0 Å². The Hall–Kier alpha value is -2.44. The maximum atomic E-state index is 12.4. The molecule has 0 bridgehead atoms. The molecule has 6 heteroatoms. The summed E-state index contributed by atoms with van der Waals surface area (Å²) >= 11 is 5.26. The van der Waals surface area contributed by atoms with Gasteiger partial charge in [0.2, 0.25) is 0 Å². The number of amides is 1. The molecule has 0 unspecified atom stereocenters. The largest absolute Gasteiger partial charge is 0.491 e. The summed E-state index contributed by atoms with van der Waals surface area (Å²) in [4.78, 5) is 12.4. The molecule has 2 N–H and O–H groups in total. The van der Waals surface area contributed by atoms with Crippen LogP contribution in [0.25, 0.3) is 0 Å². The highest BCUT2D eigenvalue weighted by molar-refractivity contribution is 7.80. The Bertz CT molecular complexity index is 777. The third kappa shape index (κ3) is 5.82. The van der Waals surface area contributed by atoms with Gasteiger partial charge in [0.05, 0.1) is 6.61 Å². The van der Waals surface area contributed by atoms with Gasteiger partial charge in [0.15, 0.2) is 5.11 Å². The number of carbonyl (C=O) groups is 1. The Morgan fingerprint density at radius 2 is 1.88 bits per heavy atom. The standard InChI is InChI=1S/C20H24N2O3S/c1-4-24-11-12-25-17-9-6-8-16(13-17)19(23)22-20(26)21-18-10-5-7-14(2)15(18)3/h5-10,13H,4,11-12H2,1-3H3,(H2,21,22,23,26). The third-order valence-corrected chi connectivity index (χ3v) is 4.08. The van der Waals surface area contributed by atoms with Crippen LogP contribution in [0.5, 0.6) is 5.75 Å². The Morgan fingerprint density at radius 3 is 2.65 bits per heavy atom. The van der Waals surface area contributed by atoms with E-state index in [0.29, 0.717) is 31.1 Å². The number of nitrogens with one attached hydrogen (secondary N) is 2. The number of ether oxygens (including phenoxy) is 2. The lowest BCUT2D eigenvalue weighted by molar-refractivity contribution is 0.0976. The fraction of sp³-hybridized carbons (Fsp3) is 0.300. The van der Waals surface area contributed by atoms with Crippen LogP contribution in [0.4, 0.5) is 5.69 Å². The maximum Gasteiger partial charge on any atom is 0.257 e. The van der Waals surface area contributed by atoms with Crippen molar-refractivity contribution in [2.45, 2.75) is 20.8 Å². The fourth-order valence-electron chi connectivity index (χ4n) is 2.31. The Labute approximate surface area is 159 Å². The molecule has 0 fully saturated rings. The molecule has 2 rings (SSSR count). The van der Waals surface area contributed by atoms with Crippen molar-refractivity contribution in [2.24, 2.45) is 0 Å². The zero-order valence-corrected chi connectivity index (χ0v) is 16.1. The van der Waals surface area contributed by atoms with Crippen molar-refractivity contribution < 1.29 is 14.3 Å². The molecule has 0 saturated carbocycles. The highest BCUT2D eigenvalue weighted by Gasteiger charge is 2.10. The molecule has 0 aromatic heterocycles. The zero-order valence-electron chi connectivity index (χ0n) is 15.3. The summed E-state index contributed by atoms with van der Waals surface area (Å²) in [5.41, 5.74) is 3.60. The lowest BCUT2D eigenvalue weighted by atomic mass is 10.1. The number of benzene rings is 2. The highest BCUT2D eigenvalue weighted by atomic mass is 32.1. The molecule has 2 aromatic rings. The van der Waals surface area contributed by atoms with Crippen molar-refractivity contribution in [3.8, 4) is 5.75 Å². The number of hydrogen-bond acceptors (Lipinski definition) is 4. The first-order valence-electron chi connectivity index (χ1n) is 8.50. The molecule has 0 aliphatic heterocycles. The summed E-state index contributed by atoms with van der Waals surface area (Å²) in [6.07, 6.45) is 0. The Kier molecular flexibility index (Phi) is 7.56. The van der Waals surface area contributed by atoms with Gasteiger partial charge in [-0.3, -0.25) is 10.1 Å². The third-order valence-electron chi connectivity index (χ3n) is 3.88. The molecule has 0 heterocycles. The summed E-state index contributed by atoms with van der Waals surface area (Å²) in [6, 6.07) is 12.9. The van der Waals surface area contributed by atoms with Gasteiger partial charge in [0.25, 0.3) is 5.91 Å². The van der Waals surface area contributed by atoms with Crippen LogP contribution in [-0.2, 0) is 4.74 Å². The van der Waals surface area contributed by atoms with Gasteiger partial charge in [0.1, 0.15) is 12.4 Å². The lowest BCUT2D eigenvalue weighted by Gasteiger charge is -2.13. The first kappa shape index (κ1) is 19.9. The van der Waals surface area contributed by atoms with E-state index >= 15 is 0 Å². The van der Waals surface area contributed by atoms with E-state index in [1.165, 1.54) is 0 Å². The van der Waals surface area contributed by atoms with Crippen LogP contribution in [0.3, 0.4) is 0 Å². The molecular formula is C20H24N2O3S. The molecule has 0 spiro atoms. The highest BCUT2D eigenvalue weighted by Crippen LogP contribution is 2.18. The van der Waals surface area contributed by atoms with E-state index in [-0.39, 0.29) is 11.0 Å². The monoisotopic (exact) mass is 372 g/mol. The van der Waals surface area contributed by atoms with Crippen molar-refractivity contribution >= 4 is 28.9 Å². The summed E-state index contributed by atoms with van der Waals surface area (Å²) in [5, 5.41) is 6.02. The van der Waals surface area contributed by atoms with Crippen molar-refractivity contribution in [1.29, 1.82) is 0 Å². The Morgan fingerprint density at radius 1 is 1.12 bits per heavy atom. The predicted octanol–water partition coefficient (Wildman–Crippen LogP) is 3.85. The maximum absolute atomic E-state index is 12.4. The fourth-order valence-corrected chi connectivity index (χ4v) is 2.51. The molecule has 5 nitrogen and oxygen atoms in total. The van der Waals surface area contributed by atoms with E-state index in [0.717, 1.165) is 16.8 Å². The summed E-state index contributed by atoms with van der Waals surface area (Å²) in [5.74, 6) is 0.328. The normalized spacial score (nSPS) is 10.3. The predicted molar refractivity (Wildman–Crippen MR) is 108 cm³/mol. The molecule has 0 saturated heterocycles. The van der Waals surface area contributed by atoms with Crippen molar-refractivity contribution in [3.63, 3.8) is 0 Å². The minimum absolute atomic E-state index is 0.256. The van der Waals surface area contributed by atoms with Gasteiger partial charge in [-0.15, -0.1) is 0 Å². The van der Waals surface area contributed by atoms with E-state index in [1.807, 2.05) is 39.0 Å². The lowest BCUT2D eigenvalue weighted by Crippen LogP contribution is -2.34. The number of aryl methyl sites for hydroxylation is 1. The first-order valence-corrected chi connectivity index (χ1v) is 8.91. The minimum Gasteiger partial charge on any atom is -0.491 e. The molecule has 0 radical (unpaired) electrons. The van der Waals surface area contributed by atoms with E-state index in [9.17, 15) is 4.79 Å². The van der Waals surface area contributed by atoms with E-state index in [1.54, 1.807) is 24.3 Å². The van der Waals surface area contributed by atoms with Gasteiger partial charge in [-0.1, -0.05) is 18.2 Å². The summed E-state index contributed by atoms with van der Waals surface area (Å²) < 4.78 is 10.8. The molecule has 0 atom stereocenters. The van der Waals surface area contributed by atoms with Gasteiger partial charge in [-0.05, 0) is 68.4 Å². The second kappa shape index (κ2) is 9.89. The number of hydrogen-bond donors (Lipinski definition) is 2. The Balaban J connectivity index is 1.94. The van der Waals surface area contributed by atoms with Crippen molar-refractivity contribution in [1.82, 2.24) is 5.32 Å². The van der Waals surface area contributed by atoms with Gasteiger partial charge >= 0.3 is 0 Å². The summed E-state index contributed by atoms with van der Waals surface area (Å²) in [6.45, 7) is 7.56. The molecule has 138 valence electrons. The van der Waals surface area contributed by atoms with Gasteiger partial charge in [0, 0.05) is 17.9 Å². The number of rotatable bonds is 7. The number of carbonyl (C=O) groups excluding carboxylic acids is 1. The quantitative estimate of drug-likeness (QED) is 0.571. The average molecular weight is 372 g/mol. The minimum atomic E-state index is -0.289. The molecule has 0 aliphatic rings. The SMILES string of the molecule is CCOCCOc1cccc(C(=O)NC(=S)Nc2cccc(C)c2C)c1. The molecular weight excluding hydrogens is 348 g/mol. The number of thiocarbonyl (C=S) groups is 1. The molecule has 0 aliphatic carbocycles. The first-order chi connectivity index (χ1) is 12.5. The summed E-state index contributed by atoms with van der Waals surface area (Å²) in [7, 11) is 0. The second-order valence-electron chi connectivity index (χ2n) is 5.73. The van der Waals surface area contributed by atoms with Gasteiger partial charge < -0.3 is 14.8 Å². The molecule has 26 heavy (non-hydrogen) atoms. The van der Waals surface area contributed by atoms with Crippen LogP contribution in [-0.4, -0.2) is 30.8 Å². The van der Waals surface area contributed by atoms with E-state index in [2.05, 4.69) is 10.6 Å². The van der Waals surface area contributed by atoms with Crippen LogP contribution < -0.4 is 15.4 Å². The second-order valence-corrected chi connectivity index (χ2v) is 6.14. The van der Waals surface area contributed by atoms with Crippen LogP contribution in [0.1, 0.15) is 28.4 Å². The zero-order chi connectivity index (χ0) is 18.9. The van der Waals surface area contributed by atoms with E-state index < -0.39 is 0 Å². The average Bonchev–Trinajstić information content (AvgIpc) is 2.63. The van der Waals surface area contributed by atoms with E-state index in [4.69, 9.17) is 21.7 Å². The molecule has 2 aromatic carbocycles. The van der Waals surface area contributed by atoms with Gasteiger partial charge in [-0.2, -0.15) is 0 Å². The molecule has 1 amide bonds. The smallest absolute Gasteiger partial charge is 0.257 e. The van der Waals surface area contributed by atoms with Crippen molar-refractivity contribution in [2.75, 3.05) is 25.1 Å². The van der Waals surface area contributed by atoms with Crippen LogP contribution >= 0.6 is 12.2 Å². The van der Waals surface area contributed by atoms with Crippen molar-refractivity contribution in [3.05, 3.63) is 59.2 Å². The number of anilines is 1. The van der Waals surface area contributed by atoms with Gasteiger partial charge in [-0.25, -0.2) is 0 Å².